The number of fused-ring (bicyclic) bond motifs is 10. The normalized spacial score (nSPS) is 12.3. The van der Waals surface area contributed by atoms with Gasteiger partial charge in [0.05, 0.1) is 11.0 Å². The molecule has 0 spiro atoms. The second kappa shape index (κ2) is 6.63. The fourth-order valence-corrected chi connectivity index (χ4v) is 6.88. The SMILES string of the molecule is Clc1ccc2c(c1)[nH]c1ccc3sc4cc(-n5c6ccccc6c6ccccc65)ccc4c3c12. The van der Waals surface area contributed by atoms with E-state index in [0.717, 1.165) is 16.1 Å². The molecule has 4 heteroatoms. The molecule has 0 bridgehead atoms. The highest BCUT2D eigenvalue weighted by Gasteiger charge is 2.16. The maximum atomic E-state index is 6.27. The van der Waals surface area contributed by atoms with Crippen molar-refractivity contribution in [1.82, 2.24) is 9.55 Å². The van der Waals surface area contributed by atoms with Crippen LogP contribution in [0.3, 0.4) is 0 Å². The van der Waals surface area contributed by atoms with E-state index in [0.29, 0.717) is 0 Å². The molecule has 8 aromatic rings. The van der Waals surface area contributed by atoms with Crippen LogP contribution in [0.1, 0.15) is 0 Å². The van der Waals surface area contributed by atoms with Crippen LogP contribution in [-0.4, -0.2) is 9.55 Å². The number of nitrogens with zero attached hydrogens (tertiary/aromatic N) is 1. The minimum atomic E-state index is 0.751. The number of halogens is 1. The Balaban J connectivity index is 1.46. The smallest absolute Gasteiger partial charge is 0.0541 e. The third-order valence-electron chi connectivity index (χ3n) is 6.98. The standard InChI is InChI=1S/C30H17ClN2S/c31-17-9-11-21-24(15-17)32-23-13-14-27-30(29(21)23)22-12-10-18(16-28(22)34-27)33-25-7-3-1-5-19(25)20-6-2-4-8-26(20)33/h1-16,32H. The zero-order chi connectivity index (χ0) is 22.4. The summed E-state index contributed by atoms with van der Waals surface area (Å²) in [6.45, 7) is 0. The molecule has 2 nitrogen and oxygen atoms in total. The van der Waals surface area contributed by atoms with Gasteiger partial charge in [-0.3, -0.25) is 0 Å². The van der Waals surface area contributed by atoms with Gasteiger partial charge in [-0.2, -0.15) is 0 Å². The highest BCUT2D eigenvalue weighted by molar-refractivity contribution is 7.26. The number of nitrogens with one attached hydrogen (secondary N) is 1. The third kappa shape index (κ3) is 2.40. The molecule has 160 valence electrons. The van der Waals surface area contributed by atoms with Crippen LogP contribution < -0.4 is 0 Å². The molecule has 0 unspecified atom stereocenters. The van der Waals surface area contributed by atoms with E-state index in [9.17, 15) is 0 Å². The Bertz CT molecular complexity index is 2040. The quantitative estimate of drug-likeness (QED) is 0.245. The molecule has 0 fully saturated rings. The number of H-pyrrole nitrogens is 1. The maximum absolute atomic E-state index is 6.27. The molecule has 5 aromatic carbocycles. The van der Waals surface area contributed by atoms with Gasteiger partial charge in [0.2, 0.25) is 0 Å². The summed E-state index contributed by atoms with van der Waals surface area (Å²) in [7, 11) is 0. The van der Waals surface area contributed by atoms with Gasteiger partial charge in [-0.1, -0.05) is 60.1 Å². The van der Waals surface area contributed by atoms with E-state index in [4.69, 9.17) is 11.6 Å². The molecule has 0 radical (unpaired) electrons. The van der Waals surface area contributed by atoms with E-state index in [1.807, 2.05) is 23.5 Å². The first-order chi connectivity index (χ1) is 16.8. The lowest BCUT2D eigenvalue weighted by Crippen LogP contribution is -1.92. The first kappa shape index (κ1) is 18.6. The molecule has 0 aliphatic carbocycles. The molecule has 0 amide bonds. The average molecular weight is 473 g/mol. The summed E-state index contributed by atoms with van der Waals surface area (Å²) in [5.74, 6) is 0. The number of para-hydroxylation sites is 2. The van der Waals surface area contributed by atoms with Gasteiger partial charge in [-0.05, 0) is 48.5 Å². The summed E-state index contributed by atoms with van der Waals surface area (Å²) >= 11 is 8.13. The van der Waals surface area contributed by atoms with Crippen LogP contribution >= 0.6 is 22.9 Å². The highest BCUT2D eigenvalue weighted by Crippen LogP contribution is 2.43. The summed E-state index contributed by atoms with van der Waals surface area (Å²) in [6.07, 6.45) is 0. The van der Waals surface area contributed by atoms with Crippen LogP contribution in [0, 0.1) is 0 Å². The van der Waals surface area contributed by atoms with E-state index >= 15 is 0 Å². The van der Waals surface area contributed by atoms with Crippen molar-refractivity contribution in [2.75, 3.05) is 0 Å². The predicted molar refractivity (Wildman–Crippen MR) is 148 cm³/mol. The Hall–Kier alpha value is -3.79. The summed E-state index contributed by atoms with van der Waals surface area (Å²) in [6, 6.07) is 34.8. The Labute approximate surface area is 203 Å². The molecule has 0 atom stereocenters. The highest BCUT2D eigenvalue weighted by atomic mass is 35.5. The Morgan fingerprint density at radius 1 is 0.588 bits per heavy atom. The minimum Gasteiger partial charge on any atom is -0.354 e. The monoisotopic (exact) mass is 472 g/mol. The van der Waals surface area contributed by atoms with Crippen molar-refractivity contribution in [3.63, 3.8) is 0 Å². The lowest BCUT2D eigenvalue weighted by molar-refractivity contribution is 1.19. The Morgan fingerprint density at radius 3 is 2.12 bits per heavy atom. The molecule has 0 saturated carbocycles. The summed E-state index contributed by atoms with van der Waals surface area (Å²) in [5, 5.41) is 8.44. The summed E-state index contributed by atoms with van der Waals surface area (Å²) in [4.78, 5) is 3.56. The van der Waals surface area contributed by atoms with Crippen LogP contribution in [0.4, 0.5) is 0 Å². The molecule has 3 aromatic heterocycles. The Kier molecular flexibility index (Phi) is 3.63. The van der Waals surface area contributed by atoms with Crippen LogP contribution in [0.2, 0.25) is 5.02 Å². The van der Waals surface area contributed by atoms with E-state index in [2.05, 4.69) is 94.5 Å². The van der Waals surface area contributed by atoms with Gasteiger partial charge in [0.1, 0.15) is 0 Å². The molecular weight excluding hydrogens is 456 g/mol. The number of benzene rings is 5. The van der Waals surface area contributed by atoms with Crippen LogP contribution in [0.5, 0.6) is 0 Å². The molecular formula is C30H17ClN2S. The number of thiophene rings is 1. The molecule has 34 heavy (non-hydrogen) atoms. The second-order valence-electron chi connectivity index (χ2n) is 8.83. The van der Waals surface area contributed by atoms with Crippen molar-refractivity contribution in [2.45, 2.75) is 0 Å². The summed E-state index contributed by atoms with van der Waals surface area (Å²) in [5.41, 5.74) is 5.89. The van der Waals surface area contributed by atoms with Crippen LogP contribution in [-0.2, 0) is 0 Å². The molecule has 0 aliphatic rings. The van der Waals surface area contributed by atoms with Crippen LogP contribution in [0.25, 0.3) is 69.5 Å². The van der Waals surface area contributed by atoms with Crippen LogP contribution in [0.15, 0.2) is 97.1 Å². The second-order valence-corrected chi connectivity index (χ2v) is 10.3. The van der Waals surface area contributed by atoms with Crippen molar-refractivity contribution in [2.24, 2.45) is 0 Å². The van der Waals surface area contributed by atoms with Gasteiger partial charge in [-0.25, -0.2) is 0 Å². The van der Waals surface area contributed by atoms with Crippen molar-refractivity contribution < 1.29 is 0 Å². The lowest BCUT2D eigenvalue weighted by atomic mass is 10.1. The predicted octanol–water partition coefficient (Wildman–Crippen LogP) is 9.44. The fraction of sp³-hybridized carbons (Fsp3) is 0. The van der Waals surface area contributed by atoms with Gasteiger partial charge in [0, 0.05) is 63.5 Å². The average Bonchev–Trinajstić information content (AvgIpc) is 3.52. The first-order valence-corrected chi connectivity index (χ1v) is 12.5. The first-order valence-electron chi connectivity index (χ1n) is 11.3. The van der Waals surface area contributed by atoms with Gasteiger partial charge < -0.3 is 9.55 Å². The van der Waals surface area contributed by atoms with Gasteiger partial charge >= 0.3 is 0 Å². The molecule has 3 heterocycles. The van der Waals surface area contributed by atoms with E-state index in [1.54, 1.807) is 0 Å². The number of rotatable bonds is 1. The topological polar surface area (TPSA) is 20.7 Å². The molecule has 8 rings (SSSR count). The minimum absolute atomic E-state index is 0.751. The molecule has 0 saturated heterocycles. The largest absolute Gasteiger partial charge is 0.354 e. The van der Waals surface area contributed by atoms with Crippen molar-refractivity contribution in [3.05, 3.63) is 102 Å². The van der Waals surface area contributed by atoms with Crippen molar-refractivity contribution in [1.29, 1.82) is 0 Å². The van der Waals surface area contributed by atoms with E-state index in [1.165, 1.54) is 58.4 Å². The van der Waals surface area contributed by atoms with E-state index in [-0.39, 0.29) is 0 Å². The number of hydrogen-bond donors (Lipinski definition) is 1. The van der Waals surface area contributed by atoms with Gasteiger partial charge in [-0.15, -0.1) is 11.3 Å². The third-order valence-corrected chi connectivity index (χ3v) is 8.33. The number of aromatic amines is 1. The summed E-state index contributed by atoms with van der Waals surface area (Å²) < 4.78 is 4.99. The lowest BCUT2D eigenvalue weighted by Gasteiger charge is -2.08. The molecule has 0 aliphatic heterocycles. The fourth-order valence-electron chi connectivity index (χ4n) is 5.56. The van der Waals surface area contributed by atoms with Gasteiger partial charge in [0.25, 0.3) is 0 Å². The zero-order valence-electron chi connectivity index (χ0n) is 18.0. The zero-order valence-corrected chi connectivity index (χ0v) is 19.5. The van der Waals surface area contributed by atoms with Crippen molar-refractivity contribution >= 4 is 86.7 Å². The maximum Gasteiger partial charge on any atom is 0.0541 e. The van der Waals surface area contributed by atoms with Crippen molar-refractivity contribution in [3.8, 4) is 5.69 Å². The Morgan fingerprint density at radius 2 is 1.32 bits per heavy atom. The molecule has 1 N–H and O–H groups in total. The van der Waals surface area contributed by atoms with E-state index < -0.39 is 0 Å². The van der Waals surface area contributed by atoms with Gasteiger partial charge in [0.15, 0.2) is 0 Å². The number of aromatic nitrogens is 2. The number of hydrogen-bond acceptors (Lipinski definition) is 1.